The van der Waals surface area contributed by atoms with Gasteiger partial charge in [0.2, 0.25) is 0 Å². The lowest BCUT2D eigenvalue weighted by Crippen LogP contribution is -1.85. The molecule has 2 heterocycles. The first-order chi connectivity index (χ1) is 5.90. The first-order valence-electron chi connectivity index (χ1n) is 3.66. The van der Waals surface area contributed by atoms with Crippen LogP contribution in [0.2, 0.25) is 0 Å². The summed E-state index contributed by atoms with van der Waals surface area (Å²) < 4.78 is 0. The molecule has 0 saturated carbocycles. The summed E-state index contributed by atoms with van der Waals surface area (Å²) in [5.74, 6) is 0.871. The van der Waals surface area contributed by atoms with Crippen LogP contribution in [-0.2, 0) is 0 Å². The maximum absolute atomic E-state index is 4.06. The predicted molar refractivity (Wildman–Crippen MR) is 51.4 cm³/mol. The average Bonchev–Trinajstić information content (AvgIpc) is 2.75. The zero-order valence-corrected chi connectivity index (χ0v) is 7.48. The van der Waals surface area contributed by atoms with Gasteiger partial charge in [0.05, 0.1) is 5.69 Å². The van der Waals surface area contributed by atoms with Gasteiger partial charge in [-0.1, -0.05) is 0 Å². The minimum Gasteiger partial charge on any atom is -0.372 e. The molecule has 62 valence electrons. The van der Waals surface area contributed by atoms with Crippen LogP contribution in [0.1, 0.15) is 0 Å². The topological polar surface area (TPSA) is 40.7 Å². The molecular weight excluding hydrogens is 170 g/mol. The van der Waals surface area contributed by atoms with Crippen molar-refractivity contribution in [3.05, 3.63) is 22.9 Å². The highest BCUT2D eigenvalue weighted by Gasteiger charge is 2.01. The third kappa shape index (κ3) is 1.21. The Labute approximate surface area is 74.4 Å². The molecule has 0 radical (unpaired) electrons. The summed E-state index contributed by atoms with van der Waals surface area (Å²) in [7, 11) is 1.85. The Morgan fingerprint density at radius 2 is 2.50 bits per heavy atom. The van der Waals surface area contributed by atoms with E-state index in [1.807, 2.05) is 13.1 Å². The molecule has 0 aromatic carbocycles. The first kappa shape index (κ1) is 7.36. The minimum absolute atomic E-state index is 0.871. The van der Waals surface area contributed by atoms with E-state index in [2.05, 4.69) is 32.3 Å². The Kier molecular flexibility index (Phi) is 1.83. The Hall–Kier alpha value is -1.29. The van der Waals surface area contributed by atoms with Gasteiger partial charge >= 0.3 is 0 Å². The number of anilines is 1. The van der Waals surface area contributed by atoms with E-state index >= 15 is 0 Å². The number of rotatable bonds is 2. The largest absolute Gasteiger partial charge is 0.372 e. The van der Waals surface area contributed by atoms with Gasteiger partial charge in [-0.25, -0.2) is 0 Å². The maximum Gasteiger partial charge on any atom is 0.148 e. The summed E-state index contributed by atoms with van der Waals surface area (Å²) in [6.07, 6.45) is 0. The van der Waals surface area contributed by atoms with Gasteiger partial charge in [-0.15, -0.1) is 0 Å². The number of H-pyrrole nitrogens is 1. The van der Waals surface area contributed by atoms with E-state index in [9.17, 15) is 0 Å². The SMILES string of the molecule is CNc1cc(-c2ccsc2)[nH]n1. The van der Waals surface area contributed by atoms with Gasteiger partial charge in [0.1, 0.15) is 5.82 Å². The molecule has 0 atom stereocenters. The standard InChI is InChI=1S/C8H9N3S/c1-9-8-4-7(10-11-8)6-2-3-12-5-6/h2-5H,1H3,(H2,9,10,11). The molecule has 0 amide bonds. The fourth-order valence-electron chi connectivity index (χ4n) is 1.02. The molecule has 2 rings (SSSR count). The quantitative estimate of drug-likeness (QED) is 0.741. The smallest absolute Gasteiger partial charge is 0.148 e. The van der Waals surface area contributed by atoms with E-state index in [0.29, 0.717) is 0 Å². The van der Waals surface area contributed by atoms with Gasteiger partial charge in [-0.3, -0.25) is 5.10 Å². The highest BCUT2D eigenvalue weighted by atomic mass is 32.1. The number of hydrogen-bond acceptors (Lipinski definition) is 3. The number of thiophene rings is 1. The van der Waals surface area contributed by atoms with Crippen LogP contribution in [0.3, 0.4) is 0 Å². The van der Waals surface area contributed by atoms with Gasteiger partial charge in [-0.2, -0.15) is 16.4 Å². The second-order valence-electron chi connectivity index (χ2n) is 2.43. The van der Waals surface area contributed by atoms with Crippen molar-refractivity contribution in [2.24, 2.45) is 0 Å². The minimum atomic E-state index is 0.871. The van der Waals surface area contributed by atoms with Crippen LogP contribution in [0.15, 0.2) is 22.9 Å². The number of aromatic nitrogens is 2. The Balaban J connectivity index is 2.35. The summed E-state index contributed by atoms with van der Waals surface area (Å²) in [4.78, 5) is 0. The Morgan fingerprint density at radius 3 is 3.08 bits per heavy atom. The predicted octanol–water partition coefficient (Wildman–Crippen LogP) is 2.18. The molecular formula is C8H9N3S. The van der Waals surface area contributed by atoms with Crippen LogP contribution in [0.25, 0.3) is 11.3 Å². The van der Waals surface area contributed by atoms with Crippen LogP contribution in [0.4, 0.5) is 5.82 Å². The average molecular weight is 179 g/mol. The van der Waals surface area contributed by atoms with Crippen molar-refractivity contribution < 1.29 is 0 Å². The van der Waals surface area contributed by atoms with Crippen molar-refractivity contribution in [1.29, 1.82) is 0 Å². The molecule has 0 spiro atoms. The van der Waals surface area contributed by atoms with Crippen LogP contribution >= 0.6 is 11.3 Å². The van der Waals surface area contributed by atoms with Crippen molar-refractivity contribution in [2.45, 2.75) is 0 Å². The number of aromatic amines is 1. The van der Waals surface area contributed by atoms with Crippen molar-refractivity contribution >= 4 is 17.2 Å². The monoisotopic (exact) mass is 179 g/mol. The fourth-order valence-corrected chi connectivity index (χ4v) is 1.67. The number of hydrogen-bond donors (Lipinski definition) is 2. The molecule has 0 aliphatic rings. The third-order valence-electron chi connectivity index (χ3n) is 1.67. The van der Waals surface area contributed by atoms with Crippen LogP contribution in [0, 0.1) is 0 Å². The van der Waals surface area contributed by atoms with Crippen molar-refractivity contribution in [1.82, 2.24) is 10.2 Å². The van der Waals surface area contributed by atoms with Crippen molar-refractivity contribution in [3.8, 4) is 11.3 Å². The van der Waals surface area contributed by atoms with Gasteiger partial charge in [0.15, 0.2) is 0 Å². The third-order valence-corrected chi connectivity index (χ3v) is 2.35. The molecule has 2 N–H and O–H groups in total. The van der Waals surface area contributed by atoms with Gasteiger partial charge in [-0.05, 0) is 11.4 Å². The summed E-state index contributed by atoms with van der Waals surface area (Å²) in [5.41, 5.74) is 2.24. The zero-order valence-electron chi connectivity index (χ0n) is 6.66. The van der Waals surface area contributed by atoms with Crippen LogP contribution < -0.4 is 5.32 Å². The van der Waals surface area contributed by atoms with Gasteiger partial charge in [0.25, 0.3) is 0 Å². The molecule has 12 heavy (non-hydrogen) atoms. The van der Waals surface area contributed by atoms with Crippen LogP contribution in [-0.4, -0.2) is 17.2 Å². The molecule has 2 aromatic heterocycles. The van der Waals surface area contributed by atoms with E-state index in [4.69, 9.17) is 0 Å². The van der Waals surface area contributed by atoms with E-state index < -0.39 is 0 Å². The fraction of sp³-hybridized carbons (Fsp3) is 0.125. The molecule has 0 saturated heterocycles. The van der Waals surface area contributed by atoms with E-state index in [1.165, 1.54) is 5.56 Å². The summed E-state index contributed by atoms with van der Waals surface area (Å²) in [6, 6.07) is 4.06. The Bertz CT molecular complexity index is 350. The van der Waals surface area contributed by atoms with Crippen molar-refractivity contribution in [3.63, 3.8) is 0 Å². The van der Waals surface area contributed by atoms with Crippen molar-refractivity contribution in [2.75, 3.05) is 12.4 Å². The lowest BCUT2D eigenvalue weighted by molar-refractivity contribution is 1.09. The van der Waals surface area contributed by atoms with E-state index in [1.54, 1.807) is 11.3 Å². The molecule has 0 aliphatic heterocycles. The summed E-state index contributed by atoms with van der Waals surface area (Å²) in [5, 5.41) is 14.1. The highest BCUT2D eigenvalue weighted by molar-refractivity contribution is 7.08. The summed E-state index contributed by atoms with van der Waals surface area (Å²) >= 11 is 1.68. The summed E-state index contributed by atoms with van der Waals surface area (Å²) in [6.45, 7) is 0. The first-order valence-corrected chi connectivity index (χ1v) is 4.60. The molecule has 0 aliphatic carbocycles. The maximum atomic E-state index is 4.06. The molecule has 4 heteroatoms. The zero-order chi connectivity index (χ0) is 8.39. The molecule has 0 fully saturated rings. The second kappa shape index (κ2) is 2.98. The number of nitrogens with one attached hydrogen (secondary N) is 2. The lowest BCUT2D eigenvalue weighted by atomic mass is 10.2. The van der Waals surface area contributed by atoms with Crippen LogP contribution in [0.5, 0.6) is 0 Å². The molecule has 0 bridgehead atoms. The van der Waals surface area contributed by atoms with E-state index in [-0.39, 0.29) is 0 Å². The molecule has 0 unspecified atom stereocenters. The van der Waals surface area contributed by atoms with Gasteiger partial charge < -0.3 is 5.32 Å². The molecule has 3 nitrogen and oxygen atoms in total. The second-order valence-corrected chi connectivity index (χ2v) is 3.21. The van der Waals surface area contributed by atoms with E-state index in [0.717, 1.165) is 11.5 Å². The molecule has 2 aromatic rings. The highest BCUT2D eigenvalue weighted by Crippen LogP contribution is 2.21. The Morgan fingerprint density at radius 1 is 1.58 bits per heavy atom. The van der Waals surface area contributed by atoms with Gasteiger partial charge in [0, 0.05) is 24.1 Å². The number of nitrogens with zero attached hydrogens (tertiary/aromatic N) is 1. The normalized spacial score (nSPS) is 10.1. The lowest BCUT2D eigenvalue weighted by Gasteiger charge is -1.87.